The number of thiazole rings is 1. The van der Waals surface area contributed by atoms with Crippen LogP contribution in [-0.4, -0.2) is 45.9 Å². The van der Waals surface area contributed by atoms with E-state index in [2.05, 4.69) is 30.9 Å². The minimum Gasteiger partial charge on any atom is -0.465 e. The zero-order chi connectivity index (χ0) is 29.6. The third-order valence-corrected chi connectivity index (χ3v) is 7.13. The van der Waals surface area contributed by atoms with Crippen molar-refractivity contribution in [3.05, 3.63) is 61.3 Å². The summed E-state index contributed by atoms with van der Waals surface area (Å²) in [7, 11) is 0. The van der Waals surface area contributed by atoms with E-state index in [9.17, 15) is 27.6 Å². The lowest BCUT2D eigenvalue weighted by Gasteiger charge is -2.16. The number of amides is 2. The van der Waals surface area contributed by atoms with E-state index in [1.807, 2.05) is 6.92 Å². The molecule has 0 aromatic carbocycles. The molecule has 0 aliphatic heterocycles. The first-order chi connectivity index (χ1) is 18.8. The zero-order valence-corrected chi connectivity index (χ0v) is 23.6. The van der Waals surface area contributed by atoms with Gasteiger partial charge in [-0.3, -0.25) is 14.4 Å². The molecule has 3 heterocycles. The second kappa shape index (κ2) is 13.2. The number of rotatable bonds is 10. The fourth-order valence-corrected chi connectivity index (χ4v) is 4.70. The third-order valence-electron chi connectivity index (χ3n) is 5.28. The number of halogens is 5. The molecule has 0 bridgehead atoms. The van der Waals surface area contributed by atoms with Crippen LogP contribution in [0.15, 0.2) is 24.7 Å². The van der Waals surface area contributed by atoms with E-state index in [0.29, 0.717) is 23.1 Å². The molecule has 0 radical (unpaired) electrons. The first kappa shape index (κ1) is 31.0. The van der Waals surface area contributed by atoms with Crippen LogP contribution in [-0.2, 0) is 22.1 Å². The number of pyridine rings is 2. The minimum atomic E-state index is -4.72. The number of nitrogens with zero attached hydrogens (tertiary/aromatic N) is 3. The Bertz CT molecular complexity index is 1420. The third kappa shape index (κ3) is 7.58. The van der Waals surface area contributed by atoms with Crippen molar-refractivity contribution in [2.45, 2.75) is 39.4 Å². The predicted molar refractivity (Wildman–Crippen MR) is 144 cm³/mol. The van der Waals surface area contributed by atoms with Gasteiger partial charge < -0.3 is 20.7 Å². The van der Waals surface area contributed by atoms with Crippen molar-refractivity contribution >= 4 is 64.0 Å². The summed E-state index contributed by atoms with van der Waals surface area (Å²) < 4.78 is 44.2. The Morgan fingerprint density at radius 3 is 2.45 bits per heavy atom. The molecule has 3 aromatic heterocycles. The number of alkyl halides is 3. The number of nitrogens with one attached hydrogen (secondary N) is 3. The van der Waals surface area contributed by atoms with Crippen LogP contribution < -0.4 is 16.0 Å². The molecular formula is C24H23Cl2F3N6O4S. The summed E-state index contributed by atoms with van der Waals surface area (Å²) in [5.74, 6) is -2.02. The summed E-state index contributed by atoms with van der Waals surface area (Å²) in [6.45, 7) is 5.13. The molecular weight excluding hydrogens is 596 g/mol. The van der Waals surface area contributed by atoms with E-state index >= 15 is 0 Å². The highest BCUT2D eigenvalue weighted by atomic mass is 35.5. The average Bonchev–Trinajstić information content (AvgIpc) is 3.39. The van der Waals surface area contributed by atoms with E-state index in [4.69, 9.17) is 27.9 Å². The van der Waals surface area contributed by atoms with E-state index < -0.39 is 40.6 Å². The first-order valence-electron chi connectivity index (χ1n) is 11.7. The maximum absolute atomic E-state index is 13.2. The Labute approximate surface area is 240 Å². The Kier molecular flexibility index (Phi) is 10.3. The Balaban J connectivity index is 1.73. The van der Waals surface area contributed by atoms with Gasteiger partial charge in [-0.25, -0.2) is 15.0 Å². The Morgan fingerprint density at radius 1 is 1.07 bits per heavy atom. The van der Waals surface area contributed by atoms with Gasteiger partial charge in [0.2, 0.25) is 0 Å². The number of hydrogen-bond donors (Lipinski definition) is 3. The summed E-state index contributed by atoms with van der Waals surface area (Å²) in [6, 6.07) is -0.0422. The quantitative estimate of drug-likeness (QED) is 0.252. The lowest BCUT2D eigenvalue weighted by Crippen LogP contribution is -2.28. The number of carbonyl (C=O) groups is 3. The number of ether oxygens (including phenoxy) is 1. The van der Waals surface area contributed by atoms with Crippen molar-refractivity contribution in [2.75, 3.05) is 23.8 Å². The molecule has 0 spiro atoms. The second-order valence-corrected chi connectivity index (χ2v) is 9.94. The highest BCUT2D eigenvalue weighted by molar-refractivity contribution is 7.13. The van der Waals surface area contributed by atoms with Crippen LogP contribution in [0.25, 0.3) is 0 Å². The topological polar surface area (TPSA) is 135 Å². The van der Waals surface area contributed by atoms with Crippen LogP contribution >= 0.6 is 34.5 Å². The van der Waals surface area contributed by atoms with Crippen LogP contribution in [0.1, 0.15) is 63.0 Å². The van der Waals surface area contributed by atoms with Crippen LogP contribution in [0.2, 0.25) is 10.0 Å². The highest BCUT2D eigenvalue weighted by Crippen LogP contribution is 2.35. The standard InChI is InChI=1S/C24H23Cl2F3N6O4S/c1-4-12-7-31-20(32-10-17(36)39-5-2)19(26)18(12)22(38)34-11(3)23-33-9-15(40-23)21(37)35-16-6-13(24(27,28)29)14(25)8-30-16/h6-9,11H,4-5,10H2,1-3H3,(H,31,32)(H,34,38)(H,30,35,37). The molecule has 1 atom stereocenters. The Hall–Kier alpha value is -3.49. The number of aromatic nitrogens is 3. The van der Waals surface area contributed by atoms with Crippen LogP contribution in [0.4, 0.5) is 24.8 Å². The van der Waals surface area contributed by atoms with E-state index in [-0.39, 0.29) is 40.3 Å². The molecule has 0 fully saturated rings. The van der Waals surface area contributed by atoms with Crippen molar-refractivity contribution in [1.82, 2.24) is 20.3 Å². The molecule has 40 heavy (non-hydrogen) atoms. The van der Waals surface area contributed by atoms with Gasteiger partial charge in [0.05, 0.1) is 40.0 Å². The van der Waals surface area contributed by atoms with Crippen molar-refractivity contribution in [3.8, 4) is 0 Å². The van der Waals surface area contributed by atoms with Gasteiger partial charge >= 0.3 is 12.1 Å². The minimum absolute atomic E-state index is 0.0150. The van der Waals surface area contributed by atoms with E-state index in [1.54, 1.807) is 13.8 Å². The number of aryl methyl sites for hydroxylation is 1. The lowest BCUT2D eigenvalue weighted by molar-refractivity contribution is -0.141. The molecule has 3 aromatic rings. The molecule has 3 rings (SSSR count). The van der Waals surface area contributed by atoms with Crippen LogP contribution in [0.3, 0.4) is 0 Å². The SMILES string of the molecule is CCOC(=O)CNc1ncc(CC)c(C(=O)NC(C)c2ncc(C(=O)Nc3cc(C(F)(F)F)c(Cl)cn3)s2)c1Cl. The van der Waals surface area contributed by atoms with Gasteiger partial charge in [0.25, 0.3) is 11.8 Å². The molecule has 0 saturated heterocycles. The van der Waals surface area contributed by atoms with Crippen molar-refractivity contribution in [3.63, 3.8) is 0 Å². The van der Waals surface area contributed by atoms with E-state index in [0.717, 1.165) is 17.5 Å². The molecule has 16 heteroatoms. The molecule has 10 nitrogen and oxygen atoms in total. The van der Waals surface area contributed by atoms with Crippen LogP contribution in [0.5, 0.6) is 0 Å². The van der Waals surface area contributed by atoms with Gasteiger partial charge in [-0.1, -0.05) is 30.1 Å². The smallest absolute Gasteiger partial charge is 0.418 e. The van der Waals surface area contributed by atoms with Gasteiger partial charge in [-0.15, -0.1) is 11.3 Å². The van der Waals surface area contributed by atoms with Gasteiger partial charge in [-0.2, -0.15) is 13.2 Å². The molecule has 0 saturated carbocycles. The summed E-state index contributed by atoms with van der Waals surface area (Å²) in [5.41, 5.74) is -0.424. The maximum atomic E-state index is 13.2. The number of esters is 1. The van der Waals surface area contributed by atoms with Gasteiger partial charge in [0.15, 0.2) is 0 Å². The normalized spacial score (nSPS) is 12.0. The highest BCUT2D eigenvalue weighted by Gasteiger charge is 2.34. The first-order valence-corrected chi connectivity index (χ1v) is 13.3. The van der Waals surface area contributed by atoms with E-state index in [1.165, 1.54) is 12.4 Å². The monoisotopic (exact) mass is 618 g/mol. The summed E-state index contributed by atoms with van der Waals surface area (Å²) in [6.07, 6.45) is -0.787. The molecule has 1 unspecified atom stereocenters. The summed E-state index contributed by atoms with van der Waals surface area (Å²) in [5, 5.41) is 7.57. The fourth-order valence-electron chi connectivity index (χ4n) is 3.35. The van der Waals surface area contributed by atoms with Gasteiger partial charge in [-0.05, 0) is 31.9 Å². The number of carbonyl (C=O) groups excluding carboxylic acids is 3. The van der Waals surface area contributed by atoms with Crippen molar-refractivity contribution < 1.29 is 32.3 Å². The predicted octanol–water partition coefficient (Wildman–Crippen LogP) is 5.54. The van der Waals surface area contributed by atoms with Crippen LogP contribution in [0, 0.1) is 0 Å². The second-order valence-electron chi connectivity index (χ2n) is 8.09. The molecule has 0 aliphatic rings. The fraction of sp³-hybridized carbons (Fsp3) is 0.333. The lowest BCUT2D eigenvalue weighted by atomic mass is 10.1. The number of hydrogen-bond acceptors (Lipinski definition) is 9. The summed E-state index contributed by atoms with van der Waals surface area (Å²) in [4.78, 5) is 49.6. The molecule has 2 amide bonds. The van der Waals surface area contributed by atoms with Crippen molar-refractivity contribution in [2.24, 2.45) is 0 Å². The summed E-state index contributed by atoms with van der Waals surface area (Å²) >= 11 is 13.0. The molecule has 0 aliphatic carbocycles. The zero-order valence-electron chi connectivity index (χ0n) is 21.3. The van der Waals surface area contributed by atoms with Gasteiger partial charge in [0.1, 0.15) is 28.1 Å². The average molecular weight is 619 g/mol. The largest absolute Gasteiger partial charge is 0.465 e. The number of anilines is 2. The molecule has 214 valence electrons. The maximum Gasteiger partial charge on any atom is 0.418 e. The molecule has 3 N–H and O–H groups in total. The van der Waals surface area contributed by atoms with Gasteiger partial charge in [0, 0.05) is 12.4 Å². The van der Waals surface area contributed by atoms with Crippen molar-refractivity contribution in [1.29, 1.82) is 0 Å². The Morgan fingerprint density at radius 2 is 1.80 bits per heavy atom.